The van der Waals surface area contributed by atoms with Gasteiger partial charge in [-0.25, -0.2) is 4.39 Å². The molecule has 15 heteroatoms. The molecule has 0 spiro atoms. The average Bonchev–Trinajstić information content (AvgIpc) is 3.62. The molecule has 1 aliphatic carbocycles. The third kappa shape index (κ3) is 5.40. The molecule has 0 saturated heterocycles. The van der Waals surface area contributed by atoms with Crippen LogP contribution >= 0.6 is 0 Å². The molecule has 39 heavy (non-hydrogen) atoms. The second-order valence-corrected chi connectivity index (χ2v) is 11.3. The quantitative estimate of drug-likeness (QED) is 0.492. The monoisotopic (exact) mass is 581 g/mol. The first-order valence-electron chi connectivity index (χ1n) is 11.7. The molecule has 212 valence electrons. The maximum atomic E-state index is 15.2. The number of aryl methyl sites for hydroxylation is 1. The SMILES string of the molecule is CC(NC(=O)C1(NC(=O)C(F)(F)F)CC1)c1ccc(-c2cccc3c2N(S(=O)(=O)C(F)(F)F)CCC3)cc1F. The Kier molecular flexibility index (Phi) is 7.11. The molecule has 1 aliphatic heterocycles. The van der Waals surface area contributed by atoms with Gasteiger partial charge in [0.1, 0.15) is 11.4 Å². The molecule has 7 nitrogen and oxygen atoms in total. The van der Waals surface area contributed by atoms with Gasteiger partial charge in [-0.05, 0) is 49.8 Å². The summed E-state index contributed by atoms with van der Waals surface area (Å²) in [5.74, 6) is -4.10. The molecule has 0 aromatic heterocycles. The van der Waals surface area contributed by atoms with Gasteiger partial charge in [-0.2, -0.15) is 34.8 Å². The van der Waals surface area contributed by atoms with Crippen LogP contribution in [0.2, 0.25) is 0 Å². The van der Waals surface area contributed by atoms with E-state index in [1.54, 1.807) is 5.32 Å². The van der Waals surface area contributed by atoms with E-state index in [1.807, 2.05) is 0 Å². The van der Waals surface area contributed by atoms with Crippen molar-refractivity contribution in [1.29, 1.82) is 0 Å². The Hall–Kier alpha value is -3.36. The minimum absolute atomic E-state index is 0.0365. The molecule has 4 rings (SSSR count). The summed E-state index contributed by atoms with van der Waals surface area (Å²) in [7, 11) is -5.72. The van der Waals surface area contributed by atoms with E-state index < -0.39 is 57.5 Å². The zero-order valence-corrected chi connectivity index (χ0v) is 21.0. The van der Waals surface area contributed by atoms with E-state index in [2.05, 4.69) is 5.32 Å². The lowest BCUT2D eigenvalue weighted by atomic mass is 9.94. The molecule has 1 heterocycles. The fourth-order valence-electron chi connectivity index (χ4n) is 4.49. The number of rotatable bonds is 6. The molecule has 1 unspecified atom stereocenters. The number of anilines is 1. The first-order valence-corrected chi connectivity index (χ1v) is 13.1. The lowest BCUT2D eigenvalue weighted by Crippen LogP contribution is -2.53. The predicted molar refractivity (Wildman–Crippen MR) is 125 cm³/mol. The number of fused-ring (bicyclic) bond motifs is 1. The van der Waals surface area contributed by atoms with E-state index in [9.17, 15) is 44.3 Å². The highest BCUT2D eigenvalue weighted by molar-refractivity contribution is 7.93. The lowest BCUT2D eigenvalue weighted by molar-refractivity contribution is -0.175. The minimum atomic E-state index is -5.72. The predicted octanol–water partition coefficient (Wildman–Crippen LogP) is 4.48. The standard InChI is InChI=1S/C24H22F7N3O4S/c1-13(32-20(35)22(9-10-22)33-21(36)23(26,27)28)16-8-7-15(12-18(16)25)17-6-2-4-14-5-3-11-34(19(14)17)39(37,38)24(29,30)31/h2,4,6-8,12-13H,3,5,9-11H2,1H3,(H,32,35)(H,33,36). The second kappa shape index (κ2) is 9.68. The second-order valence-electron chi connectivity index (χ2n) is 9.41. The number of carbonyl (C=O) groups is 2. The van der Waals surface area contributed by atoms with Crippen LogP contribution < -0.4 is 14.9 Å². The van der Waals surface area contributed by atoms with Crippen molar-refractivity contribution in [3.8, 4) is 11.1 Å². The zero-order valence-electron chi connectivity index (χ0n) is 20.2. The number of alkyl halides is 6. The van der Waals surface area contributed by atoms with Gasteiger partial charge in [0.05, 0.1) is 11.7 Å². The number of para-hydroxylation sites is 1. The number of sulfonamides is 1. The van der Waals surface area contributed by atoms with Crippen LogP contribution in [0.4, 0.5) is 36.4 Å². The molecule has 2 aliphatic rings. The molecule has 2 N–H and O–H groups in total. The minimum Gasteiger partial charge on any atom is -0.347 e. The first-order chi connectivity index (χ1) is 18.0. The maximum absolute atomic E-state index is 15.2. The highest BCUT2D eigenvalue weighted by atomic mass is 32.2. The summed E-state index contributed by atoms with van der Waals surface area (Å²) in [6.07, 6.45) is -4.80. The molecular weight excluding hydrogens is 559 g/mol. The van der Waals surface area contributed by atoms with Gasteiger partial charge < -0.3 is 10.6 Å². The highest BCUT2D eigenvalue weighted by Crippen LogP contribution is 2.43. The average molecular weight is 582 g/mol. The molecular formula is C24H22F7N3O4S. The molecule has 2 aromatic rings. The van der Waals surface area contributed by atoms with E-state index in [0.717, 1.165) is 6.07 Å². The molecule has 0 radical (unpaired) electrons. The van der Waals surface area contributed by atoms with Crippen molar-refractivity contribution in [2.24, 2.45) is 0 Å². The van der Waals surface area contributed by atoms with Crippen LogP contribution in [-0.2, 0) is 26.0 Å². The van der Waals surface area contributed by atoms with Gasteiger partial charge in [0.2, 0.25) is 5.91 Å². The van der Waals surface area contributed by atoms with Crippen molar-refractivity contribution in [3.05, 3.63) is 53.3 Å². The van der Waals surface area contributed by atoms with Gasteiger partial charge in [-0.3, -0.25) is 13.9 Å². The van der Waals surface area contributed by atoms with Gasteiger partial charge in [0, 0.05) is 17.7 Å². The third-order valence-electron chi connectivity index (χ3n) is 6.68. The highest BCUT2D eigenvalue weighted by Gasteiger charge is 2.55. The number of carbonyl (C=O) groups excluding carboxylic acids is 2. The van der Waals surface area contributed by atoms with Crippen LogP contribution in [0.3, 0.4) is 0 Å². The Bertz CT molecular complexity index is 1420. The van der Waals surface area contributed by atoms with Gasteiger partial charge in [-0.15, -0.1) is 0 Å². The van der Waals surface area contributed by atoms with Crippen molar-refractivity contribution < 1.29 is 48.7 Å². The van der Waals surface area contributed by atoms with Gasteiger partial charge in [0.25, 0.3) is 0 Å². The van der Waals surface area contributed by atoms with Crippen molar-refractivity contribution in [1.82, 2.24) is 10.6 Å². The van der Waals surface area contributed by atoms with Gasteiger partial charge in [0.15, 0.2) is 0 Å². The number of nitrogens with one attached hydrogen (secondary N) is 2. The maximum Gasteiger partial charge on any atom is 0.516 e. The number of nitrogens with zero attached hydrogens (tertiary/aromatic N) is 1. The Labute approximate surface area is 218 Å². The summed E-state index contributed by atoms with van der Waals surface area (Å²) in [5.41, 5.74) is -7.13. The van der Waals surface area contributed by atoms with Crippen LogP contribution in [0.15, 0.2) is 36.4 Å². The summed E-state index contributed by atoms with van der Waals surface area (Å²) in [5, 5.41) is 4.04. The summed E-state index contributed by atoms with van der Waals surface area (Å²) < 4.78 is 118. The Morgan fingerprint density at radius 1 is 1.05 bits per heavy atom. The lowest BCUT2D eigenvalue weighted by Gasteiger charge is -2.33. The summed E-state index contributed by atoms with van der Waals surface area (Å²) in [4.78, 5) is 23.8. The van der Waals surface area contributed by atoms with E-state index in [-0.39, 0.29) is 45.9 Å². The summed E-state index contributed by atoms with van der Waals surface area (Å²) in [6.45, 7) is 0.946. The van der Waals surface area contributed by atoms with E-state index >= 15 is 4.39 Å². The Morgan fingerprint density at radius 2 is 1.72 bits per heavy atom. The van der Waals surface area contributed by atoms with E-state index in [1.165, 1.54) is 37.3 Å². The van der Waals surface area contributed by atoms with E-state index in [4.69, 9.17) is 0 Å². The number of hydrogen-bond acceptors (Lipinski definition) is 4. The Balaban J connectivity index is 1.60. The van der Waals surface area contributed by atoms with Crippen LogP contribution in [0, 0.1) is 5.82 Å². The molecule has 1 saturated carbocycles. The van der Waals surface area contributed by atoms with Crippen LogP contribution in [0.1, 0.15) is 43.4 Å². The topological polar surface area (TPSA) is 95.6 Å². The van der Waals surface area contributed by atoms with Gasteiger partial charge >= 0.3 is 27.6 Å². The fraction of sp³-hybridized carbons (Fsp3) is 0.417. The summed E-state index contributed by atoms with van der Waals surface area (Å²) in [6, 6.07) is 6.85. The molecule has 1 fully saturated rings. The molecule has 0 bridgehead atoms. The van der Waals surface area contributed by atoms with Gasteiger partial charge in [-0.1, -0.05) is 30.3 Å². The first kappa shape index (κ1) is 28.6. The van der Waals surface area contributed by atoms with Crippen molar-refractivity contribution in [3.63, 3.8) is 0 Å². The van der Waals surface area contributed by atoms with Crippen LogP contribution in [0.5, 0.6) is 0 Å². The zero-order chi connectivity index (χ0) is 29.0. The fourth-order valence-corrected chi connectivity index (χ4v) is 5.57. The van der Waals surface area contributed by atoms with Crippen LogP contribution in [0.25, 0.3) is 11.1 Å². The number of amides is 2. The summed E-state index contributed by atoms with van der Waals surface area (Å²) >= 11 is 0. The smallest absolute Gasteiger partial charge is 0.347 e. The largest absolute Gasteiger partial charge is 0.516 e. The molecule has 2 amide bonds. The van der Waals surface area contributed by atoms with Crippen LogP contribution in [-0.4, -0.2) is 44.0 Å². The third-order valence-corrected chi connectivity index (χ3v) is 8.21. The normalized spacial score (nSPS) is 17.7. The number of hydrogen-bond donors (Lipinski definition) is 2. The van der Waals surface area contributed by atoms with Crippen molar-refractivity contribution >= 4 is 27.5 Å². The molecule has 1 atom stereocenters. The van der Waals surface area contributed by atoms with Crippen molar-refractivity contribution in [2.75, 3.05) is 10.8 Å². The van der Waals surface area contributed by atoms with Crippen molar-refractivity contribution in [2.45, 2.75) is 55.9 Å². The number of benzene rings is 2. The van der Waals surface area contributed by atoms with E-state index in [0.29, 0.717) is 12.0 Å². The number of halogens is 7. The Morgan fingerprint density at radius 3 is 2.28 bits per heavy atom. The molecule has 2 aromatic carbocycles.